The smallest absolute Gasteiger partial charge is 0.249 e. The molecule has 1 rings (SSSR count). The number of rotatable bonds is 3. The van der Waals surface area contributed by atoms with E-state index in [2.05, 4.69) is 4.98 Å². The van der Waals surface area contributed by atoms with E-state index < -0.39 is 14.1 Å². The van der Waals surface area contributed by atoms with E-state index in [9.17, 15) is 9.59 Å². The summed E-state index contributed by atoms with van der Waals surface area (Å²) < 4.78 is 0. The number of amides is 2. The Hall–Kier alpha value is -1.62. The second kappa shape index (κ2) is 4.48. The Balaban J connectivity index is 3.04. The third-order valence-corrected chi connectivity index (χ3v) is 2.90. The lowest BCUT2D eigenvalue weighted by Crippen LogP contribution is -2.45. The molecule has 0 spiro atoms. The van der Waals surface area contributed by atoms with E-state index in [0.29, 0.717) is 5.56 Å². The predicted octanol–water partition coefficient (Wildman–Crippen LogP) is 1.35. The van der Waals surface area contributed by atoms with Gasteiger partial charge in [0.15, 0.2) is 0 Å². The summed E-state index contributed by atoms with van der Waals surface area (Å²) in [5.41, 5.74) is 5.82. The van der Waals surface area contributed by atoms with Crippen molar-refractivity contribution in [3.05, 3.63) is 35.4 Å². The number of carbonyl (C=O) groups excluding carboxylic acids is 2. The molecule has 0 aromatic heterocycles. The molecular formula is C11H16N2O2Si. The lowest BCUT2D eigenvalue weighted by Gasteiger charge is -2.18. The molecule has 0 aliphatic rings. The van der Waals surface area contributed by atoms with Crippen LogP contribution >= 0.6 is 0 Å². The van der Waals surface area contributed by atoms with Gasteiger partial charge in [-0.25, -0.2) is 0 Å². The molecule has 0 heterocycles. The van der Waals surface area contributed by atoms with Gasteiger partial charge < -0.3 is 10.7 Å². The van der Waals surface area contributed by atoms with E-state index in [1.807, 2.05) is 19.6 Å². The summed E-state index contributed by atoms with van der Waals surface area (Å²) in [4.78, 5) is 26.0. The number of benzene rings is 1. The summed E-state index contributed by atoms with van der Waals surface area (Å²) in [5.74, 6) is -0.810. The molecule has 5 heteroatoms. The van der Waals surface area contributed by atoms with Crippen molar-refractivity contribution >= 4 is 20.0 Å². The monoisotopic (exact) mass is 236 g/mol. The highest BCUT2D eigenvalue weighted by Crippen LogP contribution is 2.09. The first-order valence-electron chi connectivity index (χ1n) is 5.02. The molecule has 4 nitrogen and oxygen atoms in total. The van der Waals surface area contributed by atoms with E-state index >= 15 is 0 Å². The van der Waals surface area contributed by atoms with Gasteiger partial charge in [0.25, 0.3) is 0 Å². The molecule has 0 bridgehead atoms. The molecule has 0 atom stereocenters. The van der Waals surface area contributed by atoms with Crippen LogP contribution in [0.5, 0.6) is 0 Å². The van der Waals surface area contributed by atoms with Crippen LogP contribution < -0.4 is 10.7 Å². The Morgan fingerprint density at radius 2 is 1.62 bits per heavy atom. The van der Waals surface area contributed by atoms with E-state index in [0.717, 1.165) is 0 Å². The first-order valence-corrected chi connectivity index (χ1v) is 8.52. The summed E-state index contributed by atoms with van der Waals surface area (Å²) in [6.45, 7) is 6.04. The minimum Gasteiger partial charge on any atom is -0.378 e. The molecule has 3 N–H and O–H groups in total. The summed E-state index contributed by atoms with van der Waals surface area (Å²) in [6, 6.07) is 6.56. The molecular weight excluding hydrogens is 220 g/mol. The van der Waals surface area contributed by atoms with Crippen molar-refractivity contribution in [2.45, 2.75) is 19.6 Å². The van der Waals surface area contributed by atoms with Gasteiger partial charge in [0.1, 0.15) is 8.24 Å². The van der Waals surface area contributed by atoms with Gasteiger partial charge in [-0.2, -0.15) is 0 Å². The van der Waals surface area contributed by atoms with E-state index in [-0.39, 0.29) is 11.5 Å². The topological polar surface area (TPSA) is 72.2 Å². The normalized spacial score (nSPS) is 10.9. The van der Waals surface area contributed by atoms with Gasteiger partial charge in [-0.1, -0.05) is 31.8 Å². The molecule has 0 unspecified atom stereocenters. The zero-order chi connectivity index (χ0) is 12.3. The average Bonchev–Trinajstić information content (AvgIpc) is 2.15. The highest BCUT2D eigenvalue weighted by atomic mass is 28.3. The number of carbonyl (C=O) groups is 2. The standard InChI is InChI=1S/C11H16N2O2Si/c1-16(2,3)13-11(15)9-7-5-4-6-8(9)10(12)14/h4-7H,1-3H3,(H2,12,14)(H,13,15). The number of nitrogens with one attached hydrogen (secondary N) is 1. The van der Waals surface area contributed by atoms with Gasteiger partial charge in [-0.3, -0.25) is 9.59 Å². The highest BCUT2D eigenvalue weighted by Gasteiger charge is 2.20. The van der Waals surface area contributed by atoms with Crippen LogP contribution in [0.2, 0.25) is 19.6 Å². The summed E-state index contributed by atoms with van der Waals surface area (Å²) in [7, 11) is -1.71. The van der Waals surface area contributed by atoms with Crippen molar-refractivity contribution in [2.75, 3.05) is 0 Å². The maximum absolute atomic E-state index is 11.9. The van der Waals surface area contributed by atoms with Gasteiger partial charge in [0.2, 0.25) is 11.8 Å². The van der Waals surface area contributed by atoms with Gasteiger partial charge in [0.05, 0.1) is 11.1 Å². The third kappa shape index (κ3) is 3.20. The maximum Gasteiger partial charge on any atom is 0.249 e. The van der Waals surface area contributed by atoms with Gasteiger partial charge in [0, 0.05) is 0 Å². The molecule has 2 amide bonds. The Bertz CT molecular complexity index is 424. The van der Waals surface area contributed by atoms with Gasteiger partial charge >= 0.3 is 0 Å². The molecule has 1 aromatic carbocycles. The lowest BCUT2D eigenvalue weighted by molar-refractivity contribution is 0.0954. The average molecular weight is 236 g/mol. The number of nitrogens with two attached hydrogens (primary N) is 1. The van der Waals surface area contributed by atoms with Crippen LogP contribution in [-0.2, 0) is 0 Å². The fourth-order valence-electron chi connectivity index (χ4n) is 1.30. The Labute approximate surface area is 95.9 Å². The molecule has 0 aliphatic heterocycles. The zero-order valence-corrected chi connectivity index (χ0v) is 10.7. The van der Waals surface area contributed by atoms with Crippen molar-refractivity contribution < 1.29 is 9.59 Å². The SMILES string of the molecule is C[Si](C)(C)NC(=O)c1ccccc1C(N)=O. The van der Waals surface area contributed by atoms with Crippen molar-refractivity contribution in [3.63, 3.8) is 0 Å². The summed E-state index contributed by atoms with van der Waals surface area (Å²) in [6.07, 6.45) is 0. The number of hydrogen-bond acceptors (Lipinski definition) is 2. The minimum atomic E-state index is -1.71. The molecule has 0 saturated carbocycles. The highest BCUT2D eigenvalue weighted by molar-refractivity contribution is 6.76. The fraction of sp³-hybridized carbons (Fsp3) is 0.273. The largest absolute Gasteiger partial charge is 0.378 e. The van der Waals surface area contributed by atoms with Crippen LogP contribution in [0.3, 0.4) is 0 Å². The number of hydrogen-bond donors (Lipinski definition) is 2. The van der Waals surface area contributed by atoms with Crippen LogP contribution in [0.15, 0.2) is 24.3 Å². The summed E-state index contributed by atoms with van der Waals surface area (Å²) >= 11 is 0. The van der Waals surface area contributed by atoms with E-state index in [1.165, 1.54) is 0 Å². The second-order valence-corrected chi connectivity index (χ2v) is 9.36. The van der Waals surface area contributed by atoms with Crippen LogP contribution in [0, 0.1) is 0 Å². The fourth-order valence-corrected chi connectivity index (χ4v) is 2.12. The van der Waals surface area contributed by atoms with Crippen molar-refractivity contribution in [3.8, 4) is 0 Å². The quantitative estimate of drug-likeness (QED) is 0.778. The number of primary amides is 1. The van der Waals surface area contributed by atoms with Crippen molar-refractivity contribution in [1.29, 1.82) is 0 Å². The van der Waals surface area contributed by atoms with Crippen LogP contribution in [0.1, 0.15) is 20.7 Å². The Morgan fingerprint density at radius 1 is 1.12 bits per heavy atom. The van der Waals surface area contributed by atoms with E-state index in [1.54, 1.807) is 24.3 Å². The molecule has 0 aliphatic carbocycles. The Morgan fingerprint density at radius 3 is 2.06 bits per heavy atom. The third-order valence-electron chi connectivity index (χ3n) is 1.93. The maximum atomic E-state index is 11.9. The first-order chi connectivity index (χ1) is 7.31. The van der Waals surface area contributed by atoms with Gasteiger partial charge in [-0.15, -0.1) is 0 Å². The van der Waals surface area contributed by atoms with Crippen LogP contribution in [0.25, 0.3) is 0 Å². The van der Waals surface area contributed by atoms with Crippen molar-refractivity contribution in [1.82, 2.24) is 4.98 Å². The molecule has 86 valence electrons. The molecule has 0 saturated heterocycles. The molecule has 16 heavy (non-hydrogen) atoms. The van der Waals surface area contributed by atoms with E-state index in [4.69, 9.17) is 5.73 Å². The van der Waals surface area contributed by atoms with Crippen LogP contribution in [-0.4, -0.2) is 20.0 Å². The molecule has 0 radical (unpaired) electrons. The first kappa shape index (κ1) is 12.4. The second-order valence-electron chi connectivity index (χ2n) is 4.61. The minimum absolute atomic E-state index is 0.228. The summed E-state index contributed by atoms with van der Waals surface area (Å²) in [5, 5.41) is 0. The molecule has 1 aromatic rings. The lowest BCUT2D eigenvalue weighted by atomic mass is 10.1. The van der Waals surface area contributed by atoms with Gasteiger partial charge in [-0.05, 0) is 12.1 Å². The molecule has 0 fully saturated rings. The predicted molar refractivity (Wildman–Crippen MR) is 65.8 cm³/mol. The zero-order valence-electron chi connectivity index (χ0n) is 9.70. The Kier molecular flexibility index (Phi) is 3.49. The van der Waals surface area contributed by atoms with Crippen molar-refractivity contribution in [2.24, 2.45) is 5.73 Å². The van der Waals surface area contributed by atoms with Crippen LogP contribution in [0.4, 0.5) is 0 Å².